The normalized spacial score (nSPS) is 15.6. The zero-order valence-electron chi connectivity index (χ0n) is 21.4. The van der Waals surface area contributed by atoms with Gasteiger partial charge in [0, 0.05) is 25.3 Å². The lowest BCUT2D eigenvalue weighted by Crippen LogP contribution is -2.39. The van der Waals surface area contributed by atoms with Crippen LogP contribution in [0, 0.1) is 5.92 Å². The molecule has 11 nitrogen and oxygen atoms in total. The minimum Gasteiger partial charge on any atom is -0.323 e. The van der Waals surface area contributed by atoms with E-state index in [1.165, 1.54) is 26.7 Å². The van der Waals surface area contributed by atoms with Crippen LogP contribution in [0.4, 0.5) is 5.82 Å². The number of aryl methyl sites for hydroxylation is 1. The Bertz CT molecular complexity index is 1760. The minimum atomic E-state index is -4.00. The number of pyridine rings is 1. The quantitative estimate of drug-likeness (QED) is 0.310. The van der Waals surface area contributed by atoms with Gasteiger partial charge < -0.3 is 4.98 Å². The molecule has 4 aromatic rings. The molecule has 0 atom stereocenters. The fourth-order valence-electron chi connectivity index (χ4n) is 4.66. The number of amides is 1. The molecule has 4 heterocycles. The van der Waals surface area contributed by atoms with Crippen LogP contribution in [-0.4, -0.2) is 45.0 Å². The van der Waals surface area contributed by atoms with Crippen LogP contribution in [0.3, 0.4) is 0 Å². The molecule has 39 heavy (non-hydrogen) atoms. The molecule has 2 aliphatic rings. The first-order valence-corrected chi connectivity index (χ1v) is 15.6. The molecule has 1 N–H and O–H groups in total. The number of aromatic amines is 1. The summed E-state index contributed by atoms with van der Waals surface area (Å²) in [6, 6.07) is 6.74. The van der Waals surface area contributed by atoms with Crippen LogP contribution < -0.4 is 16.1 Å². The van der Waals surface area contributed by atoms with Crippen molar-refractivity contribution < 1.29 is 13.2 Å². The van der Waals surface area contributed by atoms with Gasteiger partial charge in [-0.1, -0.05) is 19.1 Å². The largest absolute Gasteiger partial charge is 0.333 e. The topological polar surface area (TPSA) is 140 Å². The highest BCUT2D eigenvalue weighted by Gasteiger charge is 2.32. The third kappa shape index (κ3) is 4.96. The van der Waals surface area contributed by atoms with Crippen molar-refractivity contribution in [2.45, 2.75) is 62.5 Å². The third-order valence-electron chi connectivity index (χ3n) is 7.00. The Morgan fingerprint density at radius 3 is 2.59 bits per heavy atom. The summed E-state index contributed by atoms with van der Waals surface area (Å²) in [7, 11) is -4.00. The Hall–Kier alpha value is -3.58. The minimum absolute atomic E-state index is 0.0183. The van der Waals surface area contributed by atoms with Crippen LogP contribution in [0.1, 0.15) is 60.3 Å². The number of hydrogen-bond acceptors (Lipinski definition) is 8. The van der Waals surface area contributed by atoms with Gasteiger partial charge in [0.1, 0.15) is 5.82 Å². The van der Waals surface area contributed by atoms with Crippen LogP contribution in [0.15, 0.2) is 50.6 Å². The number of anilines is 1. The van der Waals surface area contributed by atoms with E-state index in [1.807, 2.05) is 18.4 Å². The first kappa shape index (κ1) is 25.7. The molecule has 0 aromatic carbocycles. The van der Waals surface area contributed by atoms with E-state index in [-0.39, 0.29) is 28.3 Å². The maximum atomic E-state index is 13.3. The zero-order chi connectivity index (χ0) is 27.3. The summed E-state index contributed by atoms with van der Waals surface area (Å²) in [5, 5.41) is 1.49. The summed E-state index contributed by atoms with van der Waals surface area (Å²) in [5.74, 6) is 0.381. The van der Waals surface area contributed by atoms with Crippen molar-refractivity contribution in [3.05, 3.63) is 67.1 Å². The molecule has 4 aromatic heterocycles. The van der Waals surface area contributed by atoms with Crippen molar-refractivity contribution in [3.63, 3.8) is 0 Å². The first-order valence-electron chi connectivity index (χ1n) is 13.0. The van der Waals surface area contributed by atoms with Crippen LogP contribution in [0.2, 0.25) is 0 Å². The van der Waals surface area contributed by atoms with Gasteiger partial charge in [-0.15, -0.1) is 11.3 Å². The van der Waals surface area contributed by atoms with Crippen LogP contribution in [0.5, 0.6) is 0 Å². The Morgan fingerprint density at radius 2 is 1.97 bits per heavy atom. The number of H-pyrrole nitrogens is 1. The maximum Gasteiger partial charge on any atom is 0.333 e. The fraction of sp³-hybridized carbons (Fsp3) is 0.423. The number of nitrogens with zero attached hydrogens (tertiary/aromatic N) is 5. The average molecular weight is 569 g/mol. The van der Waals surface area contributed by atoms with Gasteiger partial charge in [-0.25, -0.2) is 18.2 Å². The summed E-state index contributed by atoms with van der Waals surface area (Å²) in [4.78, 5) is 52.7. The maximum absolute atomic E-state index is 13.3. The number of hydrogen-bond donors (Lipinski definition) is 1. The summed E-state index contributed by atoms with van der Waals surface area (Å²) < 4.78 is 29.2. The SMILES string of the molecule is CCCn1c(=O)n(C2CC2)c(=O)c2[nH]c(S(=O)(=O)Cc3ccc(N(CC4CC4)C(=O)c4cccs4)nc3)nc21. The number of rotatable bonds is 10. The van der Waals surface area contributed by atoms with E-state index in [1.54, 1.807) is 23.1 Å². The number of fused-ring (bicyclic) bond motifs is 1. The van der Waals surface area contributed by atoms with E-state index >= 15 is 0 Å². The lowest BCUT2D eigenvalue weighted by Gasteiger charge is -2.21. The van der Waals surface area contributed by atoms with Crippen molar-refractivity contribution in [1.29, 1.82) is 0 Å². The smallest absolute Gasteiger partial charge is 0.323 e. The van der Waals surface area contributed by atoms with Crippen molar-refractivity contribution in [1.82, 2.24) is 24.1 Å². The van der Waals surface area contributed by atoms with Gasteiger partial charge in [0.05, 0.1) is 10.6 Å². The molecular formula is C26H28N6O5S2. The molecule has 0 bridgehead atoms. The molecule has 0 spiro atoms. The van der Waals surface area contributed by atoms with E-state index in [4.69, 9.17) is 0 Å². The Kier molecular flexibility index (Phi) is 6.50. The molecule has 204 valence electrons. The summed E-state index contributed by atoms with van der Waals surface area (Å²) in [5.41, 5.74) is -0.519. The number of carbonyl (C=O) groups is 1. The second-order valence-corrected chi connectivity index (χ2v) is 13.1. The van der Waals surface area contributed by atoms with E-state index in [0.29, 0.717) is 41.7 Å². The highest BCUT2D eigenvalue weighted by atomic mass is 32.2. The summed E-state index contributed by atoms with van der Waals surface area (Å²) in [6.45, 7) is 2.78. The van der Waals surface area contributed by atoms with Gasteiger partial charge in [-0.2, -0.15) is 4.98 Å². The fourth-order valence-corrected chi connectivity index (χ4v) is 6.57. The van der Waals surface area contributed by atoms with Gasteiger partial charge in [-0.3, -0.25) is 23.6 Å². The molecule has 0 saturated heterocycles. The summed E-state index contributed by atoms with van der Waals surface area (Å²) in [6.07, 6.45) is 5.69. The van der Waals surface area contributed by atoms with E-state index in [9.17, 15) is 22.8 Å². The van der Waals surface area contributed by atoms with Crippen LogP contribution in [-0.2, 0) is 22.1 Å². The van der Waals surface area contributed by atoms with Crippen molar-refractivity contribution in [2.75, 3.05) is 11.4 Å². The molecule has 2 aliphatic carbocycles. The molecule has 6 rings (SSSR count). The molecular weight excluding hydrogens is 540 g/mol. The van der Waals surface area contributed by atoms with Gasteiger partial charge in [0.25, 0.3) is 11.5 Å². The Morgan fingerprint density at radius 1 is 1.18 bits per heavy atom. The van der Waals surface area contributed by atoms with Gasteiger partial charge in [0.15, 0.2) is 11.2 Å². The molecule has 1 amide bonds. The number of nitrogens with one attached hydrogen (secondary N) is 1. The van der Waals surface area contributed by atoms with Crippen LogP contribution in [0.25, 0.3) is 11.2 Å². The number of sulfone groups is 1. The standard InChI is InChI=1S/C26H28N6O5S2/c1-2-11-30-22-21(24(34)32(26(30)35)18-8-9-18)28-25(29-22)39(36,37)15-17-7-10-20(27-13-17)31(14-16-5-6-16)23(33)19-4-3-12-38-19/h3-4,7,10,12-13,16,18H,2,5-6,8-9,11,14-15H2,1H3,(H,28,29). The lowest BCUT2D eigenvalue weighted by molar-refractivity contribution is 0.0988. The van der Waals surface area contributed by atoms with Crippen molar-refractivity contribution in [2.24, 2.45) is 5.92 Å². The van der Waals surface area contributed by atoms with E-state index in [2.05, 4.69) is 15.0 Å². The Labute approximate surface area is 228 Å². The van der Waals surface area contributed by atoms with E-state index < -0.39 is 26.8 Å². The van der Waals surface area contributed by atoms with Crippen molar-refractivity contribution in [3.8, 4) is 0 Å². The number of imidazole rings is 1. The second-order valence-electron chi connectivity index (χ2n) is 10.2. The highest BCUT2D eigenvalue weighted by Crippen LogP contribution is 2.33. The monoisotopic (exact) mass is 568 g/mol. The molecule has 0 unspecified atom stereocenters. The van der Waals surface area contributed by atoms with Crippen LogP contribution >= 0.6 is 11.3 Å². The molecule has 13 heteroatoms. The molecule has 2 fully saturated rings. The zero-order valence-corrected chi connectivity index (χ0v) is 23.0. The predicted octanol–water partition coefficient (Wildman–Crippen LogP) is 3.12. The summed E-state index contributed by atoms with van der Waals surface area (Å²) >= 11 is 1.37. The number of carbonyl (C=O) groups excluding carboxylic acids is 1. The lowest BCUT2D eigenvalue weighted by atomic mass is 10.2. The Balaban J connectivity index is 1.29. The predicted molar refractivity (Wildman–Crippen MR) is 147 cm³/mol. The molecule has 2 saturated carbocycles. The van der Waals surface area contributed by atoms with Gasteiger partial charge in [0.2, 0.25) is 15.0 Å². The molecule has 0 aliphatic heterocycles. The van der Waals surface area contributed by atoms with Crippen molar-refractivity contribution >= 4 is 44.1 Å². The number of thiophene rings is 1. The first-order chi connectivity index (χ1) is 18.8. The van der Waals surface area contributed by atoms with Gasteiger partial charge >= 0.3 is 5.69 Å². The van der Waals surface area contributed by atoms with Gasteiger partial charge in [-0.05, 0) is 61.1 Å². The average Bonchev–Trinajstić information content (AvgIpc) is 3.81. The molecule has 0 radical (unpaired) electrons. The van der Waals surface area contributed by atoms with E-state index in [0.717, 1.165) is 25.7 Å². The third-order valence-corrected chi connectivity index (χ3v) is 9.35. The second kappa shape index (κ2) is 9.87. The highest BCUT2D eigenvalue weighted by molar-refractivity contribution is 7.90. The number of aromatic nitrogens is 5.